The molecule has 0 fully saturated rings. The molecule has 0 aliphatic rings. The summed E-state index contributed by atoms with van der Waals surface area (Å²) >= 11 is 0. The van der Waals surface area contributed by atoms with Gasteiger partial charge < -0.3 is 14.2 Å². The van der Waals surface area contributed by atoms with Gasteiger partial charge in [-0.15, -0.1) is 0 Å². The van der Waals surface area contributed by atoms with Crippen molar-refractivity contribution in [3.8, 4) is 0 Å². The van der Waals surface area contributed by atoms with Crippen LogP contribution in [0.3, 0.4) is 0 Å². The summed E-state index contributed by atoms with van der Waals surface area (Å²) in [6.07, 6.45) is 78.7. The molecule has 388 valence electrons. The summed E-state index contributed by atoms with van der Waals surface area (Å²) in [6.45, 7) is 6.30. The average molecular weight is 953 g/mol. The number of hydrogen-bond donors (Lipinski definition) is 0. The van der Waals surface area contributed by atoms with Crippen molar-refractivity contribution < 1.29 is 28.6 Å². The lowest BCUT2D eigenvalue weighted by atomic mass is 10.1. The molecule has 0 amide bonds. The van der Waals surface area contributed by atoms with Crippen molar-refractivity contribution in [2.45, 2.75) is 232 Å². The van der Waals surface area contributed by atoms with Crippen molar-refractivity contribution in [3.63, 3.8) is 0 Å². The highest BCUT2D eigenvalue weighted by Crippen LogP contribution is 2.13. The van der Waals surface area contributed by atoms with E-state index in [1.54, 1.807) is 0 Å². The molecule has 0 saturated carbocycles. The van der Waals surface area contributed by atoms with Crippen molar-refractivity contribution in [1.82, 2.24) is 0 Å². The third-order valence-corrected chi connectivity index (χ3v) is 11.1. The zero-order valence-electron chi connectivity index (χ0n) is 44.3. The molecule has 69 heavy (non-hydrogen) atoms. The molecule has 0 aliphatic carbocycles. The average Bonchev–Trinajstić information content (AvgIpc) is 3.35. The minimum absolute atomic E-state index is 0.116. The Morgan fingerprint density at radius 3 is 0.986 bits per heavy atom. The van der Waals surface area contributed by atoms with Crippen LogP contribution in [-0.2, 0) is 28.6 Å². The van der Waals surface area contributed by atoms with Crippen LogP contribution >= 0.6 is 0 Å². The van der Waals surface area contributed by atoms with Gasteiger partial charge >= 0.3 is 17.9 Å². The Morgan fingerprint density at radius 2 is 0.594 bits per heavy atom. The summed E-state index contributed by atoms with van der Waals surface area (Å²) in [4.78, 5) is 38.1. The second kappa shape index (κ2) is 56.1. The van der Waals surface area contributed by atoms with Crippen LogP contribution in [0.2, 0.25) is 0 Å². The van der Waals surface area contributed by atoms with Crippen molar-refractivity contribution in [1.29, 1.82) is 0 Å². The summed E-state index contributed by atoms with van der Waals surface area (Å²) in [5.74, 6) is -1.03. The lowest BCUT2D eigenvalue weighted by molar-refractivity contribution is -0.166. The van der Waals surface area contributed by atoms with E-state index in [9.17, 15) is 14.4 Å². The van der Waals surface area contributed by atoms with Crippen molar-refractivity contribution >= 4 is 17.9 Å². The van der Waals surface area contributed by atoms with Gasteiger partial charge in [0.2, 0.25) is 0 Å². The van der Waals surface area contributed by atoms with E-state index in [0.29, 0.717) is 12.8 Å². The Labute approximate surface area is 424 Å². The quantitative estimate of drug-likeness (QED) is 0.0262. The molecule has 0 aromatic rings. The van der Waals surface area contributed by atoms with Crippen LogP contribution in [0.1, 0.15) is 226 Å². The number of unbranched alkanes of at least 4 members (excludes halogenated alkanes) is 15. The fourth-order valence-electron chi connectivity index (χ4n) is 7.04. The lowest BCUT2D eigenvalue weighted by Gasteiger charge is -2.18. The van der Waals surface area contributed by atoms with E-state index in [4.69, 9.17) is 14.2 Å². The van der Waals surface area contributed by atoms with Gasteiger partial charge in [-0.25, -0.2) is 0 Å². The van der Waals surface area contributed by atoms with Crippen molar-refractivity contribution in [2.24, 2.45) is 0 Å². The highest BCUT2D eigenvalue weighted by Gasteiger charge is 2.19. The predicted octanol–water partition coefficient (Wildman–Crippen LogP) is 18.6. The van der Waals surface area contributed by atoms with Crippen LogP contribution in [0.4, 0.5) is 0 Å². The molecule has 0 bridgehead atoms. The zero-order chi connectivity index (χ0) is 50.0. The first-order valence-electron chi connectivity index (χ1n) is 27.7. The third kappa shape index (κ3) is 54.4. The first-order chi connectivity index (χ1) is 34.0. The Bertz CT molecular complexity index is 1510. The Morgan fingerprint density at radius 1 is 0.304 bits per heavy atom. The van der Waals surface area contributed by atoms with Crippen LogP contribution < -0.4 is 0 Å². The molecule has 0 aliphatic heterocycles. The van der Waals surface area contributed by atoms with E-state index in [1.165, 1.54) is 51.4 Å². The third-order valence-electron chi connectivity index (χ3n) is 11.1. The SMILES string of the molecule is CC/C=C\C/C=C\C/C=C\C/C=C\C/C=C\C/C=C\CCC(=O)OCC(COC(=O)CCCCCCC/C=C\CCCCCC)OC(=O)CCCCCCCC/C=C\C/C=C\C/C=C\C/C=C\CC. The Balaban J connectivity index is 4.55. The van der Waals surface area contributed by atoms with Gasteiger partial charge in [0.15, 0.2) is 6.10 Å². The molecule has 0 rings (SSSR count). The van der Waals surface area contributed by atoms with E-state index >= 15 is 0 Å². The Kier molecular flexibility index (Phi) is 52.5. The van der Waals surface area contributed by atoms with Crippen LogP contribution in [0.5, 0.6) is 0 Å². The maximum Gasteiger partial charge on any atom is 0.306 e. The van der Waals surface area contributed by atoms with Gasteiger partial charge in [0.1, 0.15) is 13.2 Å². The van der Waals surface area contributed by atoms with Gasteiger partial charge in [-0.05, 0) is 122 Å². The number of carbonyl (C=O) groups excluding carboxylic acids is 3. The van der Waals surface area contributed by atoms with E-state index < -0.39 is 6.10 Å². The van der Waals surface area contributed by atoms with Gasteiger partial charge in [0.05, 0.1) is 0 Å². The number of carbonyl (C=O) groups is 3. The highest BCUT2D eigenvalue weighted by molar-refractivity contribution is 5.71. The van der Waals surface area contributed by atoms with E-state index in [2.05, 4.69) is 142 Å². The zero-order valence-corrected chi connectivity index (χ0v) is 44.3. The van der Waals surface area contributed by atoms with Gasteiger partial charge in [0.25, 0.3) is 0 Å². The second-order valence-electron chi connectivity index (χ2n) is 17.7. The number of esters is 3. The lowest BCUT2D eigenvalue weighted by Crippen LogP contribution is -2.30. The van der Waals surface area contributed by atoms with Crippen LogP contribution in [0.25, 0.3) is 0 Å². The first-order valence-corrected chi connectivity index (χ1v) is 27.7. The molecule has 0 saturated heterocycles. The molecule has 0 N–H and O–H groups in total. The molecule has 1 unspecified atom stereocenters. The summed E-state index contributed by atoms with van der Waals surface area (Å²) in [5, 5.41) is 0. The normalized spacial score (nSPS) is 13.1. The number of hydrogen-bond acceptors (Lipinski definition) is 6. The molecule has 6 nitrogen and oxygen atoms in total. The first kappa shape index (κ1) is 64.5. The predicted molar refractivity (Wildman–Crippen MR) is 297 cm³/mol. The van der Waals surface area contributed by atoms with Gasteiger partial charge in [-0.2, -0.15) is 0 Å². The maximum atomic E-state index is 12.8. The molecule has 0 aromatic carbocycles. The number of ether oxygens (including phenoxy) is 3. The topological polar surface area (TPSA) is 78.9 Å². The summed E-state index contributed by atoms with van der Waals surface area (Å²) < 4.78 is 16.8. The second-order valence-corrected chi connectivity index (χ2v) is 17.7. The number of rotatable bonds is 48. The monoisotopic (exact) mass is 953 g/mol. The van der Waals surface area contributed by atoms with Crippen molar-refractivity contribution in [2.75, 3.05) is 13.2 Å². The minimum Gasteiger partial charge on any atom is -0.462 e. The van der Waals surface area contributed by atoms with Gasteiger partial charge in [0, 0.05) is 19.3 Å². The molecule has 0 spiro atoms. The maximum absolute atomic E-state index is 12.8. The van der Waals surface area contributed by atoms with Gasteiger partial charge in [-0.3, -0.25) is 14.4 Å². The summed E-state index contributed by atoms with van der Waals surface area (Å²) in [7, 11) is 0. The fraction of sp³-hybridized carbons (Fsp3) is 0.603. The molecule has 1 atom stereocenters. The molecule has 0 aromatic heterocycles. The molecular weight excluding hydrogens is 853 g/mol. The van der Waals surface area contributed by atoms with Crippen molar-refractivity contribution in [3.05, 3.63) is 134 Å². The van der Waals surface area contributed by atoms with Crippen LogP contribution in [0.15, 0.2) is 134 Å². The molecule has 0 heterocycles. The standard InChI is InChI=1S/C63H100O6/c1-4-7-10-13-16-19-22-25-27-29-31-33-35-38-41-44-47-50-53-56-62(65)68-59-60(58-67-61(64)55-52-49-46-43-40-37-24-21-18-15-12-9-6-3)69-63(66)57-54-51-48-45-42-39-36-34-32-30-28-26-23-20-17-14-11-8-5-2/h7-8,10-11,16-17,19-21,24-28,31-34,38,41,47,50,60H,4-6,9,12-15,18,22-23,29-30,35-37,39-40,42-46,48-49,51-59H2,1-3H3/b10-7-,11-8-,19-16-,20-17-,24-21-,27-25-,28-26-,33-31-,34-32-,41-38-,50-47-. The largest absolute Gasteiger partial charge is 0.462 e. The number of allylic oxidation sites excluding steroid dienone is 22. The highest BCUT2D eigenvalue weighted by atomic mass is 16.6. The summed E-state index contributed by atoms with van der Waals surface area (Å²) in [6, 6.07) is 0. The van der Waals surface area contributed by atoms with Crippen LogP contribution in [0, 0.1) is 0 Å². The van der Waals surface area contributed by atoms with E-state index in [-0.39, 0.29) is 44.0 Å². The van der Waals surface area contributed by atoms with E-state index in [0.717, 1.165) is 128 Å². The molecule has 6 heteroatoms. The smallest absolute Gasteiger partial charge is 0.306 e. The molecule has 0 radical (unpaired) electrons. The van der Waals surface area contributed by atoms with Crippen LogP contribution in [-0.4, -0.2) is 37.2 Å². The minimum atomic E-state index is -0.825. The fourth-order valence-corrected chi connectivity index (χ4v) is 7.04. The Hall–Kier alpha value is -4.45. The van der Waals surface area contributed by atoms with E-state index in [1.807, 2.05) is 12.2 Å². The van der Waals surface area contributed by atoms with Gasteiger partial charge in [-0.1, -0.05) is 219 Å². The molecular formula is C63H100O6. The summed E-state index contributed by atoms with van der Waals surface area (Å²) in [5.41, 5.74) is 0.